The van der Waals surface area contributed by atoms with Gasteiger partial charge in [0.25, 0.3) is 11.9 Å². The molecule has 0 unspecified atom stereocenters. The number of carboxylic acids is 1. The summed E-state index contributed by atoms with van der Waals surface area (Å²) in [5.41, 5.74) is 5.03. The van der Waals surface area contributed by atoms with Crippen LogP contribution in [0.1, 0.15) is 9.78 Å². The molecule has 0 fully saturated rings. The molecule has 0 radical (unpaired) electrons. The van der Waals surface area contributed by atoms with Gasteiger partial charge >= 0.3 is 29.0 Å². The van der Waals surface area contributed by atoms with Crippen molar-refractivity contribution in [1.82, 2.24) is 5.23 Å². The topological polar surface area (TPSA) is 125 Å². The fourth-order valence-corrected chi connectivity index (χ4v) is 0.255. The van der Waals surface area contributed by atoms with Gasteiger partial charge in [0.2, 0.25) is 0 Å². The van der Waals surface area contributed by atoms with Crippen molar-refractivity contribution in [2.24, 2.45) is 10.7 Å². The van der Waals surface area contributed by atoms with E-state index in [9.17, 15) is 4.79 Å². The third-order valence-electron chi connectivity index (χ3n) is 0.768. The summed E-state index contributed by atoms with van der Waals surface area (Å²) in [6.45, 7) is 4.19. The van der Waals surface area contributed by atoms with Crippen molar-refractivity contribution in [3.05, 3.63) is 12.7 Å². The van der Waals surface area contributed by atoms with Crippen LogP contribution in [0.3, 0.4) is 0 Å². The molecule has 0 spiro atoms. The van der Waals surface area contributed by atoms with E-state index < -0.39 is 11.9 Å². The van der Waals surface area contributed by atoms with E-state index in [1.807, 2.05) is 0 Å². The number of guanidine groups is 1. The quantitative estimate of drug-likeness (QED) is 0.181. The largest absolute Gasteiger partial charge is 2.00 e. The zero-order valence-electron chi connectivity index (χ0n) is 11.1. The van der Waals surface area contributed by atoms with Gasteiger partial charge in [-0.15, -0.1) is 0 Å². The number of carbonyl (C=O) groups is 2. The molecule has 0 aromatic rings. The van der Waals surface area contributed by atoms with E-state index in [1.165, 1.54) is 7.05 Å². The van der Waals surface area contributed by atoms with Gasteiger partial charge in [0.05, 0.1) is 0 Å². The molecule has 0 aromatic carbocycles. The molecule has 9 heteroatoms. The predicted molar refractivity (Wildman–Crippen MR) is 58.7 cm³/mol. The molecule has 0 atom stereocenters. The molecule has 0 aliphatic carbocycles. The van der Waals surface area contributed by atoms with Crippen molar-refractivity contribution in [1.29, 1.82) is 0 Å². The number of carbonyl (C=O) groups excluding carboxylic acids is 1. The van der Waals surface area contributed by atoms with Crippen LogP contribution in [0, 0.1) is 0 Å². The first-order valence-electron chi connectivity index (χ1n) is 3.60. The number of aliphatic carboxylic acids is 1. The van der Waals surface area contributed by atoms with E-state index in [0.29, 0.717) is 0 Å². The van der Waals surface area contributed by atoms with E-state index in [4.69, 9.17) is 20.8 Å². The van der Waals surface area contributed by atoms with Gasteiger partial charge in [0.1, 0.15) is 0 Å². The van der Waals surface area contributed by atoms with Gasteiger partial charge in [-0.05, 0) is 5.23 Å². The molecule has 16 heavy (non-hydrogen) atoms. The van der Waals surface area contributed by atoms with Crippen LogP contribution in [-0.4, -0.2) is 63.5 Å². The van der Waals surface area contributed by atoms with E-state index in [-0.39, 0.29) is 37.1 Å². The monoisotopic (exact) mass is 245 g/mol. The number of hydrogen-bond acceptors (Lipinski definition) is 5. The Kier molecular flexibility index (Phi) is 14.8. The van der Waals surface area contributed by atoms with Crippen LogP contribution in [-0.2, 0) is 14.4 Å². The van der Waals surface area contributed by atoms with Crippen LogP contribution in [0.4, 0.5) is 0 Å². The summed E-state index contributed by atoms with van der Waals surface area (Å²) >= 11 is 0. The van der Waals surface area contributed by atoms with Crippen LogP contribution in [0.15, 0.2) is 17.6 Å². The summed E-state index contributed by atoms with van der Waals surface area (Å²) < 4.78 is 0. The molecular weight excluding hydrogens is 230 g/mol. The van der Waals surface area contributed by atoms with Crippen molar-refractivity contribution < 1.29 is 27.6 Å². The molecule has 0 amide bonds. The molecule has 0 heterocycles. The average Bonchev–Trinajstić information content (AvgIpc) is 2.15. The number of nitrogens with two attached hydrogens (primary N) is 1. The Morgan fingerprint density at radius 2 is 2.00 bits per heavy atom. The zero-order valence-corrected chi connectivity index (χ0v) is 10.5. The number of carboxylic acid groups (broad SMARTS) is 1. The molecule has 0 bridgehead atoms. The molecule has 0 aromatic heterocycles. The van der Waals surface area contributed by atoms with Crippen molar-refractivity contribution in [3.63, 3.8) is 0 Å². The molecule has 0 rings (SSSR count). The molecule has 0 aliphatic rings. The number of hydrogen-bond donors (Lipinski definition) is 3. The molecule has 0 saturated heterocycles. The molecule has 0 saturated carbocycles. The van der Waals surface area contributed by atoms with E-state index in [2.05, 4.69) is 16.4 Å². The Morgan fingerprint density at radius 3 is 2.25 bits per heavy atom. The minimum atomic E-state index is -0.833. The van der Waals surface area contributed by atoms with Crippen LogP contribution >= 0.6 is 0 Å². The Balaban J connectivity index is -0.0000000712. The second kappa shape index (κ2) is 11.7. The van der Waals surface area contributed by atoms with Crippen LogP contribution in [0.25, 0.3) is 0 Å². The number of aliphatic imine (C=N–C) groups is 1. The van der Waals surface area contributed by atoms with Crippen LogP contribution < -0.4 is 5.73 Å². The van der Waals surface area contributed by atoms with Gasteiger partial charge in [0.15, 0.2) is 0 Å². The smallest absolute Gasteiger partial charge is 1.00 e. The Hall–Kier alpha value is -1.32. The second-order valence-electron chi connectivity index (χ2n) is 1.99. The summed E-state index contributed by atoms with van der Waals surface area (Å²) in [5.74, 6) is -1.97. The molecule has 90 valence electrons. The summed E-state index contributed by atoms with van der Waals surface area (Å²) in [7, 11) is 1.33. The first kappa shape index (κ1) is 20.1. The minimum absolute atomic E-state index is 0. The van der Waals surface area contributed by atoms with Crippen LogP contribution in [0.5, 0.6) is 0 Å². The molecule has 8 nitrogen and oxygen atoms in total. The van der Waals surface area contributed by atoms with Crippen molar-refractivity contribution in [2.75, 3.05) is 7.05 Å². The standard InChI is InChI=1S/C5H9N3O3.C2H4O2.Mg.2H/c1-3-4(9)11-8(10)5(6)7-2;1-2(3)4;;;/h3,10H,1H2,2H3,(H2,6,7);1H3,(H,3,4);;;/q;;+2;2*-1. The molecule has 4 N–H and O–H groups in total. The zero-order chi connectivity index (χ0) is 12.4. The summed E-state index contributed by atoms with van der Waals surface area (Å²) in [6.07, 6.45) is 0.881. The summed E-state index contributed by atoms with van der Waals surface area (Å²) in [4.78, 5) is 26.9. The average molecular weight is 246 g/mol. The minimum Gasteiger partial charge on any atom is -1.00 e. The van der Waals surface area contributed by atoms with Crippen molar-refractivity contribution >= 4 is 41.0 Å². The van der Waals surface area contributed by atoms with Gasteiger partial charge in [-0.25, -0.2) is 4.79 Å². The third kappa shape index (κ3) is 15.2. The fourth-order valence-electron chi connectivity index (χ4n) is 0.255. The number of hydroxylamine groups is 2. The maximum Gasteiger partial charge on any atom is 2.00 e. The summed E-state index contributed by atoms with van der Waals surface area (Å²) in [6, 6.07) is 0. The first-order chi connectivity index (χ1) is 6.84. The van der Waals surface area contributed by atoms with E-state index in [0.717, 1.165) is 13.0 Å². The van der Waals surface area contributed by atoms with Gasteiger partial charge in [0, 0.05) is 20.0 Å². The van der Waals surface area contributed by atoms with Gasteiger partial charge in [-0.1, -0.05) is 6.58 Å². The number of nitrogens with zero attached hydrogens (tertiary/aromatic N) is 2. The summed E-state index contributed by atoms with van der Waals surface area (Å²) in [5, 5.41) is 16.2. The fraction of sp³-hybridized carbons (Fsp3) is 0.286. The van der Waals surface area contributed by atoms with Crippen LogP contribution in [0.2, 0.25) is 0 Å². The molecule has 0 aliphatic heterocycles. The van der Waals surface area contributed by atoms with Crippen molar-refractivity contribution in [2.45, 2.75) is 6.92 Å². The normalized spacial score (nSPS) is 8.81. The third-order valence-corrected chi connectivity index (χ3v) is 0.768. The van der Waals surface area contributed by atoms with Gasteiger partial charge in [-0.2, -0.15) is 0 Å². The predicted octanol–water partition coefficient (Wildman–Crippen LogP) is -0.799. The SMILES string of the molecule is C=CC(=O)ON(O)C(N)=NC.CC(=O)O.[H-].[H-].[Mg+2]. The van der Waals surface area contributed by atoms with Gasteiger partial charge in [-0.3, -0.25) is 15.0 Å². The Labute approximate surface area is 111 Å². The Bertz CT molecular complexity index is 274. The maximum atomic E-state index is 10.4. The van der Waals surface area contributed by atoms with Crippen molar-refractivity contribution in [3.8, 4) is 0 Å². The number of rotatable bonds is 1. The molecular formula is C7H15MgN3O5. The van der Waals surface area contributed by atoms with E-state index >= 15 is 0 Å². The first-order valence-corrected chi connectivity index (χ1v) is 3.60. The Morgan fingerprint density at radius 1 is 1.62 bits per heavy atom. The van der Waals surface area contributed by atoms with E-state index in [1.54, 1.807) is 0 Å². The second-order valence-corrected chi connectivity index (χ2v) is 1.99. The maximum absolute atomic E-state index is 10.4. The van der Waals surface area contributed by atoms with Gasteiger partial charge < -0.3 is 18.5 Å².